The summed E-state index contributed by atoms with van der Waals surface area (Å²) in [5, 5.41) is 7.18. The molecule has 2 aromatic rings. The Balaban J connectivity index is 2.25. The number of hydrogen-bond donors (Lipinski definition) is 4. The van der Waals surface area contributed by atoms with Gasteiger partial charge in [0.15, 0.2) is 5.69 Å². The van der Waals surface area contributed by atoms with E-state index < -0.39 is 23.9 Å². The molecular weight excluding hydrogens is 364 g/mol. The average Bonchev–Trinajstić information content (AvgIpc) is 2.69. The van der Waals surface area contributed by atoms with E-state index in [0.717, 1.165) is 0 Å². The topological polar surface area (TPSA) is 148 Å². The lowest BCUT2D eigenvalue weighted by Gasteiger charge is -2.22. The van der Waals surface area contributed by atoms with Gasteiger partial charge in [-0.2, -0.15) is 5.10 Å². The number of fused-ring (bicyclic) bond motifs is 1. The highest BCUT2D eigenvalue weighted by atomic mass is 16.2. The fraction of sp³-hybridized carbons (Fsp3) is 0.389. The second-order valence-electron chi connectivity index (χ2n) is 6.33. The average molecular weight is 388 g/mol. The Bertz CT molecular complexity index is 955. The van der Waals surface area contributed by atoms with Crippen LogP contribution in [0.15, 0.2) is 29.1 Å². The van der Waals surface area contributed by atoms with Gasteiger partial charge in [-0.3, -0.25) is 25.2 Å². The Morgan fingerprint density at radius 1 is 1.14 bits per heavy atom. The number of hydrazine groups is 1. The summed E-state index contributed by atoms with van der Waals surface area (Å²) in [5.74, 6) is -1.51. The van der Waals surface area contributed by atoms with Gasteiger partial charge in [-0.15, -0.1) is 0 Å². The fourth-order valence-corrected chi connectivity index (χ4v) is 2.73. The van der Waals surface area contributed by atoms with Crippen molar-refractivity contribution in [2.24, 2.45) is 11.7 Å². The SMILES string of the molecule is CCC(C)C(NC(N)=O)C(=O)NNC(=O)c1nn(CC)c(=O)c2ccccc12. The van der Waals surface area contributed by atoms with E-state index in [1.165, 1.54) is 4.68 Å². The summed E-state index contributed by atoms with van der Waals surface area (Å²) >= 11 is 0. The molecule has 2 rings (SSSR count). The maximum Gasteiger partial charge on any atom is 0.312 e. The molecule has 28 heavy (non-hydrogen) atoms. The van der Waals surface area contributed by atoms with Gasteiger partial charge in [0.2, 0.25) is 0 Å². The summed E-state index contributed by atoms with van der Waals surface area (Å²) in [6.07, 6.45) is 0.611. The van der Waals surface area contributed by atoms with Crippen molar-refractivity contribution in [1.82, 2.24) is 25.9 Å². The molecular formula is C18H24N6O4. The molecule has 0 aliphatic rings. The number of rotatable bonds is 6. The summed E-state index contributed by atoms with van der Waals surface area (Å²) in [6, 6.07) is 4.85. The van der Waals surface area contributed by atoms with Crippen LogP contribution in [-0.4, -0.2) is 33.7 Å². The van der Waals surface area contributed by atoms with Crippen molar-refractivity contribution in [2.45, 2.75) is 39.8 Å². The zero-order chi connectivity index (χ0) is 20.8. The van der Waals surface area contributed by atoms with Crippen LogP contribution in [0.1, 0.15) is 37.7 Å². The minimum atomic E-state index is -0.905. The predicted molar refractivity (Wildman–Crippen MR) is 103 cm³/mol. The van der Waals surface area contributed by atoms with Gasteiger partial charge in [0, 0.05) is 11.9 Å². The van der Waals surface area contributed by atoms with Crippen LogP contribution < -0.4 is 27.5 Å². The second kappa shape index (κ2) is 8.98. The van der Waals surface area contributed by atoms with Gasteiger partial charge in [0.1, 0.15) is 6.04 Å². The van der Waals surface area contributed by atoms with Crippen LogP contribution in [0.5, 0.6) is 0 Å². The normalized spacial score (nSPS) is 12.8. The molecule has 0 aliphatic heterocycles. The molecule has 0 aliphatic carbocycles. The first-order valence-electron chi connectivity index (χ1n) is 8.96. The van der Waals surface area contributed by atoms with Gasteiger partial charge >= 0.3 is 6.03 Å². The number of benzene rings is 1. The number of primary amides is 1. The first-order valence-corrected chi connectivity index (χ1v) is 8.96. The highest BCUT2D eigenvalue weighted by Crippen LogP contribution is 2.13. The molecule has 2 unspecified atom stereocenters. The summed E-state index contributed by atoms with van der Waals surface area (Å²) in [7, 11) is 0. The number of aryl methyl sites for hydroxylation is 1. The van der Waals surface area contributed by atoms with Crippen molar-refractivity contribution >= 4 is 28.6 Å². The van der Waals surface area contributed by atoms with Crippen LogP contribution in [0.25, 0.3) is 10.8 Å². The molecule has 0 saturated carbocycles. The summed E-state index contributed by atoms with van der Waals surface area (Å²) < 4.78 is 1.18. The number of amides is 4. The van der Waals surface area contributed by atoms with Crippen molar-refractivity contribution in [2.75, 3.05) is 0 Å². The van der Waals surface area contributed by atoms with Crippen LogP contribution in [0.3, 0.4) is 0 Å². The number of aromatic nitrogens is 2. The first-order chi connectivity index (χ1) is 13.3. The van der Waals surface area contributed by atoms with Crippen LogP contribution in [0.2, 0.25) is 0 Å². The number of carbonyl (C=O) groups excluding carboxylic acids is 3. The number of nitrogens with one attached hydrogen (secondary N) is 3. The molecule has 0 spiro atoms. The molecule has 5 N–H and O–H groups in total. The monoisotopic (exact) mass is 388 g/mol. The van der Waals surface area contributed by atoms with E-state index in [1.54, 1.807) is 38.1 Å². The van der Waals surface area contributed by atoms with E-state index in [2.05, 4.69) is 21.3 Å². The van der Waals surface area contributed by atoms with E-state index >= 15 is 0 Å². The Morgan fingerprint density at radius 2 is 1.79 bits per heavy atom. The number of nitrogens with two attached hydrogens (primary N) is 1. The van der Waals surface area contributed by atoms with Crippen LogP contribution >= 0.6 is 0 Å². The lowest BCUT2D eigenvalue weighted by atomic mass is 9.99. The highest BCUT2D eigenvalue weighted by Gasteiger charge is 2.26. The van der Waals surface area contributed by atoms with Gasteiger partial charge in [0.25, 0.3) is 17.4 Å². The molecule has 1 aromatic carbocycles. The van der Waals surface area contributed by atoms with Gasteiger partial charge in [-0.05, 0) is 18.9 Å². The van der Waals surface area contributed by atoms with Crippen molar-refractivity contribution in [3.05, 3.63) is 40.3 Å². The van der Waals surface area contributed by atoms with Crippen LogP contribution in [0, 0.1) is 5.92 Å². The Hall–Kier alpha value is -3.43. The smallest absolute Gasteiger partial charge is 0.312 e. The maximum atomic E-state index is 12.6. The third-order valence-corrected chi connectivity index (χ3v) is 4.47. The minimum Gasteiger partial charge on any atom is -0.352 e. The lowest BCUT2D eigenvalue weighted by Crippen LogP contribution is -2.55. The molecule has 0 bridgehead atoms. The van der Waals surface area contributed by atoms with E-state index in [4.69, 9.17) is 5.73 Å². The number of carbonyl (C=O) groups is 3. The van der Waals surface area contributed by atoms with E-state index in [9.17, 15) is 19.2 Å². The molecule has 4 amide bonds. The number of urea groups is 1. The first kappa shape index (κ1) is 20.9. The number of nitrogens with zero attached hydrogens (tertiary/aromatic N) is 2. The molecule has 1 aromatic heterocycles. The summed E-state index contributed by atoms with van der Waals surface area (Å²) in [4.78, 5) is 48.5. The van der Waals surface area contributed by atoms with Crippen molar-refractivity contribution < 1.29 is 14.4 Å². The van der Waals surface area contributed by atoms with Gasteiger partial charge in [-0.1, -0.05) is 38.5 Å². The number of hydrogen-bond acceptors (Lipinski definition) is 5. The molecule has 10 heteroatoms. The molecule has 2 atom stereocenters. The van der Waals surface area contributed by atoms with Crippen molar-refractivity contribution in [1.29, 1.82) is 0 Å². The highest BCUT2D eigenvalue weighted by molar-refractivity contribution is 6.05. The molecule has 0 radical (unpaired) electrons. The van der Waals surface area contributed by atoms with E-state index in [-0.39, 0.29) is 23.7 Å². The van der Waals surface area contributed by atoms with Crippen molar-refractivity contribution in [3.8, 4) is 0 Å². The molecule has 150 valence electrons. The van der Waals surface area contributed by atoms with E-state index in [0.29, 0.717) is 17.2 Å². The van der Waals surface area contributed by atoms with Crippen LogP contribution in [0.4, 0.5) is 4.79 Å². The zero-order valence-electron chi connectivity index (χ0n) is 16.0. The molecule has 10 nitrogen and oxygen atoms in total. The van der Waals surface area contributed by atoms with Gasteiger partial charge in [-0.25, -0.2) is 9.48 Å². The maximum absolute atomic E-state index is 12.6. The quantitative estimate of drug-likeness (QED) is 0.524. The Kier molecular flexibility index (Phi) is 6.69. The Morgan fingerprint density at radius 3 is 2.36 bits per heavy atom. The third-order valence-electron chi connectivity index (χ3n) is 4.47. The molecule has 0 fully saturated rings. The standard InChI is InChI=1S/C18H24N6O4/c1-4-10(3)13(20-18(19)28)15(25)21-22-16(26)14-11-8-6-7-9-12(11)17(27)24(5-2)23-14/h6-10,13H,4-5H2,1-3H3,(H,21,25)(H,22,26)(H3,19,20,28). The van der Waals surface area contributed by atoms with Gasteiger partial charge in [0.05, 0.1) is 5.39 Å². The summed E-state index contributed by atoms with van der Waals surface area (Å²) in [5.41, 5.74) is 9.38. The summed E-state index contributed by atoms with van der Waals surface area (Å²) in [6.45, 7) is 5.65. The van der Waals surface area contributed by atoms with Crippen LogP contribution in [-0.2, 0) is 11.3 Å². The molecule has 1 heterocycles. The fourth-order valence-electron chi connectivity index (χ4n) is 2.73. The molecule has 0 saturated heterocycles. The zero-order valence-corrected chi connectivity index (χ0v) is 16.0. The van der Waals surface area contributed by atoms with Crippen molar-refractivity contribution in [3.63, 3.8) is 0 Å². The minimum absolute atomic E-state index is 0.000278. The second-order valence-corrected chi connectivity index (χ2v) is 6.33. The largest absolute Gasteiger partial charge is 0.352 e. The lowest BCUT2D eigenvalue weighted by molar-refractivity contribution is -0.124. The Labute approximate surface area is 161 Å². The third kappa shape index (κ3) is 4.45. The van der Waals surface area contributed by atoms with E-state index in [1.807, 2.05) is 6.92 Å². The predicted octanol–water partition coefficient (Wildman–Crippen LogP) is 0.260. The van der Waals surface area contributed by atoms with Gasteiger partial charge < -0.3 is 11.1 Å².